The number of aromatic nitrogens is 2. The van der Waals surface area contributed by atoms with Crippen LogP contribution in [0, 0.1) is 6.92 Å². The van der Waals surface area contributed by atoms with Crippen molar-refractivity contribution in [3.05, 3.63) is 18.2 Å². The summed E-state index contributed by atoms with van der Waals surface area (Å²) in [5.74, 6) is 1.08. The maximum atomic E-state index is 9.09. The monoisotopic (exact) mass is 237 g/mol. The fraction of sp³-hybridized carbons (Fsp3) is 0.769. The lowest BCUT2D eigenvalue weighted by atomic mass is 10.00. The zero-order chi connectivity index (χ0) is 12.1. The topological polar surface area (TPSA) is 41.3 Å². The third-order valence-corrected chi connectivity index (χ3v) is 3.76. The number of likely N-dealkylation sites (tertiary alicyclic amines) is 1. The molecule has 1 aliphatic rings. The second-order valence-electron chi connectivity index (χ2n) is 4.87. The Kier molecular flexibility index (Phi) is 4.57. The van der Waals surface area contributed by atoms with Crippen molar-refractivity contribution in [3.63, 3.8) is 0 Å². The van der Waals surface area contributed by atoms with E-state index in [2.05, 4.69) is 14.5 Å². The molecule has 0 amide bonds. The van der Waals surface area contributed by atoms with E-state index in [1.165, 1.54) is 25.8 Å². The standard InChI is InChI=1S/C13H23N3O/c1-12-14-6-8-15(12)9-10-16-7-3-2-4-13(16)5-11-17/h6,8,13,17H,2-5,7,9-11H2,1H3. The number of hydrogen-bond donors (Lipinski definition) is 1. The molecule has 17 heavy (non-hydrogen) atoms. The molecule has 0 saturated carbocycles. The predicted octanol–water partition coefficient (Wildman–Crippen LogP) is 1.43. The molecule has 1 aromatic heterocycles. The fourth-order valence-electron chi connectivity index (χ4n) is 2.71. The maximum Gasteiger partial charge on any atom is 0.105 e. The van der Waals surface area contributed by atoms with Gasteiger partial charge >= 0.3 is 0 Å². The van der Waals surface area contributed by atoms with Crippen molar-refractivity contribution < 1.29 is 5.11 Å². The largest absolute Gasteiger partial charge is 0.396 e. The van der Waals surface area contributed by atoms with Gasteiger partial charge in [0.25, 0.3) is 0 Å². The van der Waals surface area contributed by atoms with E-state index in [9.17, 15) is 0 Å². The second-order valence-corrected chi connectivity index (χ2v) is 4.87. The van der Waals surface area contributed by atoms with Crippen molar-refractivity contribution in [2.75, 3.05) is 19.7 Å². The van der Waals surface area contributed by atoms with E-state index in [0.717, 1.165) is 25.3 Å². The molecular formula is C13H23N3O. The normalized spacial score (nSPS) is 21.9. The van der Waals surface area contributed by atoms with Crippen molar-refractivity contribution in [2.24, 2.45) is 0 Å². The number of piperidine rings is 1. The first-order valence-corrected chi connectivity index (χ1v) is 6.64. The molecule has 1 aromatic rings. The molecule has 1 aliphatic heterocycles. The minimum atomic E-state index is 0.311. The van der Waals surface area contributed by atoms with Crippen LogP contribution in [0.25, 0.3) is 0 Å². The van der Waals surface area contributed by atoms with Gasteiger partial charge in [0.05, 0.1) is 0 Å². The van der Waals surface area contributed by atoms with Crippen LogP contribution in [0.4, 0.5) is 0 Å². The molecule has 0 aromatic carbocycles. The first-order valence-electron chi connectivity index (χ1n) is 6.64. The molecule has 0 radical (unpaired) electrons. The van der Waals surface area contributed by atoms with Gasteiger partial charge in [0.15, 0.2) is 0 Å². The van der Waals surface area contributed by atoms with E-state index in [-0.39, 0.29) is 0 Å². The number of aliphatic hydroxyl groups excluding tert-OH is 1. The fourth-order valence-corrected chi connectivity index (χ4v) is 2.71. The number of hydrogen-bond acceptors (Lipinski definition) is 3. The van der Waals surface area contributed by atoms with Crippen LogP contribution < -0.4 is 0 Å². The highest BCUT2D eigenvalue weighted by Gasteiger charge is 2.21. The van der Waals surface area contributed by atoms with Gasteiger partial charge in [0, 0.05) is 38.1 Å². The smallest absolute Gasteiger partial charge is 0.105 e. The summed E-state index contributed by atoms with van der Waals surface area (Å²) in [5, 5.41) is 9.09. The number of imidazole rings is 1. The van der Waals surface area contributed by atoms with E-state index >= 15 is 0 Å². The molecule has 1 fully saturated rings. The van der Waals surface area contributed by atoms with E-state index < -0.39 is 0 Å². The molecule has 1 saturated heterocycles. The van der Waals surface area contributed by atoms with Crippen LogP contribution in [0.15, 0.2) is 12.4 Å². The van der Waals surface area contributed by atoms with Crippen LogP contribution in [-0.2, 0) is 6.54 Å². The average molecular weight is 237 g/mol. The number of rotatable bonds is 5. The SMILES string of the molecule is Cc1nccn1CCN1CCCCC1CCO. The summed E-state index contributed by atoms with van der Waals surface area (Å²) in [6, 6.07) is 0.581. The Morgan fingerprint density at radius 3 is 3.00 bits per heavy atom. The summed E-state index contributed by atoms with van der Waals surface area (Å²) < 4.78 is 2.20. The molecule has 0 aliphatic carbocycles. The third-order valence-electron chi connectivity index (χ3n) is 3.76. The molecule has 96 valence electrons. The summed E-state index contributed by atoms with van der Waals surface area (Å²) in [7, 11) is 0. The minimum absolute atomic E-state index is 0.311. The van der Waals surface area contributed by atoms with Crippen LogP contribution in [0.5, 0.6) is 0 Å². The summed E-state index contributed by atoms with van der Waals surface area (Å²) >= 11 is 0. The Labute approximate surface area is 103 Å². The third kappa shape index (κ3) is 3.30. The van der Waals surface area contributed by atoms with Gasteiger partial charge in [-0.25, -0.2) is 4.98 Å². The Balaban J connectivity index is 1.86. The van der Waals surface area contributed by atoms with Crippen LogP contribution in [-0.4, -0.2) is 45.3 Å². The highest BCUT2D eigenvalue weighted by atomic mass is 16.3. The van der Waals surface area contributed by atoms with E-state index in [4.69, 9.17) is 5.11 Å². The van der Waals surface area contributed by atoms with Crippen molar-refractivity contribution in [1.29, 1.82) is 0 Å². The van der Waals surface area contributed by atoms with Gasteiger partial charge in [-0.3, -0.25) is 4.90 Å². The average Bonchev–Trinajstić information content (AvgIpc) is 2.74. The molecule has 1 atom stereocenters. The summed E-state index contributed by atoms with van der Waals surface area (Å²) in [4.78, 5) is 6.77. The molecule has 0 bridgehead atoms. The minimum Gasteiger partial charge on any atom is -0.396 e. The number of aryl methyl sites for hydroxylation is 1. The zero-order valence-corrected chi connectivity index (χ0v) is 10.7. The molecule has 2 heterocycles. The molecule has 4 nitrogen and oxygen atoms in total. The lowest BCUT2D eigenvalue weighted by Gasteiger charge is -2.35. The molecule has 1 unspecified atom stereocenters. The highest BCUT2D eigenvalue weighted by molar-refractivity contribution is 4.89. The van der Waals surface area contributed by atoms with Crippen molar-refractivity contribution >= 4 is 0 Å². The van der Waals surface area contributed by atoms with Crippen molar-refractivity contribution in [1.82, 2.24) is 14.5 Å². The van der Waals surface area contributed by atoms with Gasteiger partial charge < -0.3 is 9.67 Å². The van der Waals surface area contributed by atoms with Gasteiger partial charge in [-0.15, -0.1) is 0 Å². The first-order chi connectivity index (χ1) is 8.31. The van der Waals surface area contributed by atoms with E-state index in [0.29, 0.717) is 12.6 Å². The molecule has 1 N–H and O–H groups in total. The molecule has 4 heteroatoms. The molecular weight excluding hydrogens is 214 g/mol. The quantitative estimate of drug-likeness (QED) is 0.842. The van der Waals surface area contributed by atoms with E-state index in [1.807, 2.05) is 19.3 Å². The van der Waals surface area contributed by atoms with Gasteiger partial charge in [-0.05, 0) is 32.7 Å². The molecule has 2 rings (SSSR count). The van der Waals surface area contributed by atoms with Crippen molar-refractivity contribution in [3.8, 4) is 0 Å². The van der Waals surface area contributed by atoms with Crippen LogP contribution in [0.1, 0.15) is 31.5 Å². The van der Waals surface area contributed by atoms with Crippen LogP contribution in [0.3, 0.4) is 0 Å². The summed E-state index contributed by atoms with van der Waals surface area (Å²) in [6.45, 7) is 5.61. The zero-order valence-electron chi connectivity index (χ0n) is 10.7. The van der Waals surface area contributed by atoms with E-state index in [1.54, 1.807) is 0 Å². The van der Waals surface area contributed by atoms with Gasteiger partial charge in [0.1, 0.15) is 5.82 Å². The Morgan fingerprint density at radius 1 is 1.41 bits per heavy atom. The predicted molar refractivity (Wildman–Crippen MR) is 67.9 cm³/mol. The maximum absolute atomic E-state index is 9.09. The van der Waals surface area contributed by atoms with Gasteiger partial charge in [-0.1, -0.05) is 6.42 Å². The lowest BCUT2D eigenvalue weighted by molar-refractivity contribution is 0.115. The summed E-state index contributed by atoms with van der Waals surface area (Å²) in [6.07, 6.45) is 8.67. The highest BCUT2D eigenvalue weighted by Crippen LogP contribution is 2.19. The number of aliphatic hydroxyl groups is 1. The Morgan fingerprint density at radius 2 is 2.29 bits per heavy atom. The Bertz CT molecular complexity index is 335. The van der Waals surface area contributed by atoms with Crippen molar-refractivity contribution in [2.45, 2.75) is 45.2 Å². The lowest BCUT2D eigenvalue weighted by Crippen LogP contribution is -2.41. The first kappa shape index (κ1) is 12.6. The molecule has 0 spiro atoms. The Hall–Kier alpha value is -0.870. The van der Waals surface area contributed by atoms with Gasteiger partial charge in [0.2, 0.25) is 0 Å². The number of nitrogens with zero attached hydrogens (tertiary/aromatic N) is 3. The van der Waals surface area contributed by atoms with Crippen LogP contribution in [0.2, 0.25) is 0 Å². The summed E-state index contributed by atoms with van der Waals surface area (Å²) in [5.41, 5.74) is 0. The second kappa shape index (κ2) is 6.17. The van der Waals surface area contributed by atoms with Gasteiger partial charge in [-0.2, -0.15) is 0 Å². The van der Waals surface area contributed by atoms with Crippen LogP contribution >= 0.6 is 0 Å².